The van der Waals surface area contributed by atoms with Gasteiger partial charge in [0.05, 0.1) is 18.7 Å². The summed E-state index contributed by atoms with van der Waals surface area (Å²) in [5.74, 6) is -0.128. The Morgan fingerprint density at radius 2 is 2.08 bits per heavy atom. The van der Waals surface area contributed by atoms with Gasteiger partial charge in [-0.05, 0) is 25.5 Å². The molecule has 3 rings (SSSR count). The molecule has 2 heterocycles. The molecule has 0 unspecified atom stereocenters. The van der Waals surface area contributed by atoms with Gasteiger partial charge in [-0.25, -0.2) is 4.79 Å². The van der Waals surface area contributed by atoms with Gasteiger partial charge in [0.15, 0.2) is 0 Å². The third-order valence-electron chi connectivity index (χ3n) is 4.90. The van der Waals surface area contributed by atoms with Gasteiger partial charge in [0.2, 0.25) is 5.91 Å². The Hall–Kier alpha value is -2.12. The zero-order valence-corrected chi connectivity index (χ0v) is 14.8. The van der Waals surface area contributed by atoms with E-state index in [4.69, 9.17) is 4.74 Å². The van der Waals surface area contributed by atoms with E-state index in [1.807, 2.05) is 38.1 Å². The molecule has 2 aliphatic rings. The molecule has 7 heteroatoms. The Bertz CT molecular complexity index is 663. The van der Waals surface area contributed by atoms with E-state index in [-0.39, 0.29) is 49.2 Å². The van der Waals surface area contributed by atoms with Gasteiger partial charge in [-0.1, -0.05) is 18.2 Å². The Labute approximate surface area is 147 Å². The monoisotopic (exact) mass is 347 g/mol. The Morgan fingerprint density at radius 3 is 2.72 bits per heavy atom. The molecule has 25 heavy (non-hydrogen) atoms. The zero-order valence-electron chi connectivity index (χ0n) is 14.8. The van der Waals surface area contributed by atoms with Crippen molar-refractivity contribution in [3.63, 3.8) is 0 Å². The molecule has 0 spiro atoms. The molecule has 1 aromatic rings. The third kappa shape index (κ3) is 2.98. The second-order valence-corrected chi connectivity index (χ2v) is 6.85. The van der Waals surface area contributed by atoms with Crippen LogP contribution >= 0.6 is 0 Å². The number of aliphatic hydroxyl groups is 1. The van der Waals surface area contributed by atoms with Crippen molar-refractivity contribution in [2.45, 2.75) is 37.9 Å². The molecule has 1 saturated heterocycles. The van der Waals surface area contributed by atoms with Crippen molar-refractivity contribution < 1.29 is 19.4 Å². The van der Waals surface area contributed by atoms with Crippen LogP contribution in [0.4, 0.5) is 10.5 Å². The summed E-state index contributed by atoms with van der Waals surface area (Å²) in [7, 11) is 1.47. The molecule has 0 radical (unpaired) electrons. The van der Waals surface area contributed by atoms with Crippen molar-refractivity contribution in [3.8, 4) is 0 Å². The first-order valence-corrected chi connectivity index (χ1v) is 8.57. The number of hydrogen-bond acceptors (Lipinski definition) is 4. The first kappa shape index (κ1) is 17.7. The van der Waals surface area contributed by atoms with Crippen molar-refractivity contribution >= 4 is 17.6 Å². The van der Waals surface area contributed by atoms with E-state index in [0.717, 1.165) is 11.3 Å². The highest BCUT2D eigenvalue weighted by Crippen LogP contribution is 2.48. The van der Waals surface area contributed by atoms with Crippen molar-refractivity contribution in [1.29, 1.82) is 0 Å². The Morgan fingerprint density at radius 1 is 1.36 bits per heavy atom. The highest BCUT2D eigenvalue weighted by Gasteiger charge is 2.55. The number of carbonyl (C=O) groups is 2. The molecule has 3 amide bonds. The van der Waals surface area contributed by atoms with Crippen molar-refractivity contribution in [3.05, 3.63) is 29.8 Å². The lowest BCUT2D eigenvalue weighted by atomic mass is 9.72. The molecule has 2 aliphatic heterocycles. The predicted molar refractivity (Wildman–Crippen MR) is 93.6 cm³/mol. The minimum atomic E-state index is -0.274. The molecular weight excluding hydrogens is 322 g/mol. The van der Waals surface area contributed by atoms with Crippen LogP contribution in [0.3, 0.4) is 0 Å². The summed E-state index contributed by atoms with van der Waals surface area (Å²) < 4.78 is 4.96. The quantitative estimate of drug-likeness (QED) is 0.849. The average molecular weight is 347 g/mol. The number of benzene rings is 1. The molecule has 1 fully saturated rings. The summed E-state index contributed by atoms with van der Waals surface area (Å²) in [5.41, 5.74) is 1.84. The fourth-order valence-corrected chi connectivity index (χ4v) is 3.95. The minimum absolute atomic E-state index is 0.0233. The number of methoxy groups -OCH3 is 1. The van der Waals surface area contributed by atoms with Crippen molar-refractivity contribution in [2.24, 2.45) is 0 Å². The zero-order chi connectivity index (χ0) is 18.1. The molecule has 2 N–H and O–H groups in total. The van der Waals surface area contributed by atoms with Gasteiger partial charge in [-0.2, -0.15) is 0 Å². The molecular formula is C18H25N3O4. The lowest BCUT2D eigenvalue weighted by Crippen LogP contribution is -2.71. The van der Waals surface area contributed by atoms with Gasteiger partial charge < -0.3 is 20.1 Å². The number of likely N-dealkylation sites (tertiary alicyclic amines) is 1. The largest absolute Gasteiger partial charge is 0.394 e. The lowest BCUT2D eigenvalue weighted by Gasteiger charge is -2.58. The lowest BCUT2D eigenvalue weighted by molar-refractivity contribution is -0.154. The topological polar surface area (TPSA) is 82.1 Å². The molecule has 7 nitrogen and oxygen atoms in total. The highest BCUT2D eigenvalue weighted by atomic mass is 16.5. The predicted octanol–water partition coefficient (Wildman–Crippen LogP) is 0.926. The normalized spacial score (nSPS) is 24.4. The van der Waals surface area contributed by atoms with Crippen LogP contribution in [-0.4, -0.2) is 66.9 Å². The number of fused-ring (bicyclic) bond motifs is 3. The van der Waals surface area contributed by atoms with Crippen LogP contribution in [0.15, 0.2) is 24.3 Å². The number of anilines is 1. The number of amides is 3. The summed E-state index contributed by atoms with van der Waals surface area (Å²) in [6.45, 7) is 4.10. The first-order valence-electron chi connectivity index (χ1n) is 8.57. The third-order valence-corrected chi connectivity index (χ3v) is 4.90. The van der Waals surface area contributed by atoms with Crippen LogP contribution in [0.1, 0.15) is 25.3 Å². The van der Waals surface area contributed by atoms with Crippen LogP contribution < -0.4 is 10.2 Å². The highest BCUT2D eigenvalue weighted by molar-refractivity contribution is 5.94. The number of carbonyl (C=O) groups excluding carboxylic acids is 2. The van der Waals surface area contributed by atoms with Crippen LogP contribution in [-0.2, 0) is 9.53 Å². The van der Waals surface area contributed by atoms with E-state index in [1.165, 1.54) is 7.11 Å². The number of hydrogen-bond donors (Lipinski definition) is 2. The van der Waals surface area contributed by atoms with Crippen molar-refractivity contribution in [2.75, 3.05) is 31.8 Å². The molecule has 0 aliphatic carbocycles. The van der Waals surface area contributed by atoms with E-state index in [2.05, 4.69) is 5.32 Å². The van der Waals surface area contributed by atoms with Crippen LogP contribution in [0.5, 0.6) is 0 Å². The minimum Gasteiger partial charge on any atom is -0.394 e. The fraction of sp³-hybridized carbons (Fsp3) is 0.556. The smallest absolute Gasteiger partial charge is 0.322 e. The number of rotatable bonds is 4. The maximum absolute atomic E-state index is 12.6. The number of urea groups is 1. The fourth-order valence-electron chi connectivity index (χ4n) is 3.95. The van der Waals surface area contributed by atoms with Gasteiger partial charge in [-0.3, -0.25) is 9.69 Å². The molecule has 0 bridgehead atoms. The molecule has 0 aromatic heterocycles. The number of aliphatic hydroxyl groups excluding tert-OH is 1. The second kappa shape index (κ2) is 7.01. The number of nitrogens with zero attached hydrogens (tertiary/aromatic N) is 2. The SMILES string of the molecule is COCC(=O)N1[C@@H](CO)[C@@H]2c3ccccc3N(C(=O)NC(C)C)C[C@@H]21. The van der Waals surface area contributed by atoms with Gasteiger partial charge in [0.25, 0.3) is 0 Å². The molecule has 3 atom stereocenters. The molecule has 1 aromatic carbocycles. The van der Waals surface area contributed by atoms with E-state index in [0.29, 0.717) is 6.54 Å². The van der Waals surface area contributed by atoms with E-state index >= 15 is 0 Å². The summed E-state index contributed by atoms with van der Waals surface area (Å²) in [5, 5.41) is 12.7. The summed E-state index contributed by atoms with van der Waals surface area (Å²) >= 11 is 0. The number of para-hydroxylation sites is 1. The van der Waals surface area contributed by atoms with Crippen LogP contribution in [0.25, 0.3) is 0 Å². The summed E-state index contributed by atoms with van der Waals surface area (Å²) in [6, 6.07) is 7.14. The van der Waals surface area contributed by atoms with Gasteiger partial charge in [0.1, 0.15) is 6.61 Å². The first-order chi connectivity index (χ1) is 12.0. The summed E-state index contributed by atoms with van der Waals surface area (Å²) in [6.07, 6.45) is 0. The molecule has 136 valence electrons. The van der Waals surface area contributed by atoms with Gasteiger partial charge in [0, 0.05) is 31.3 Å². The Kier molecular flexibility index (Phi) is 4.96. The number of ether oxygens (including phenoxy) is 1. The van der Waals surface area contributed by atoms with Gasteiger partial charge >= 0.3 is 6.03 Å². The second-order valence-electron chi connectivity index (χ2n) is 6.85. The van der Waals surface area contributed by atoms with Gasteiger partial charge in [-0.15, -0.1) is 0 Å². The maximum atomic E-state index is 12.6. The average Bonchev–Trinajstić information content (AvgIpc) is 2.54. The van der Waals surface area contributed by atoms with Crippen molar-refractivity contribution in [1.82, 2.24) is 10.2 Å². The van der Waals surface area contributed by atoms with E-state index in [9.17, 15) is 14.7 Å². The molecule has 0 saturated carbocycles. The van der Waals surface area contributed by atoms with E-state index in [1.54, 1.807) is 9.80 Å². The van der Waals surface area contributed by atoms with Crippen LogP contribution in [0, 0.1) is 0 Å². The Balaban J connectivity index is 1.94. The summed E-state index contributed by atoms with van der Waals surface area (Å²) in [4.78, 5) is 28.4. The number of nitrogens with one attached hydrogen (secondary N) is 1. The maximum Gasteiger partial charge on any atom is 0.322 e. The standard InChI is InChI=1S/C18H25N3O4/c1-11(2)19-18(24)20-8-14-17(12-6-4-5-7-13(12)20)15(9-22)21(14)16(23)10-25-3/h4-7,11,14-15,17,22H,8-10H2,1-3H3,(H,19,24)/t14-,15-,17+/m0/s1. The van der Waals surface area contributed by atoms with E-state index < -0.39 is 0 Å². The van der Waals surface area contributed by atoms with Crippen LogP contribution in [0.2, 0.25) is 0 Å².